The van der Waals surface area contributed by atoms with Gasteiger partial charge in [-0.3, -0.25) is 0 Å². The van der Waals surface area contributed by atoms with Crippen LogP contribution in [0.1, 0.15) is 37.7 Å². The third-order valence-electron chi connectivity index (χ3n) is 5.51. The summed E-state index contributed by atoms with van der Waals surface area (Å²) in [4.78, 5) is 4.76. The smallest absolute Gasteiger partial charge is 0.114 e. The number of rotatable bonds is 3. The van der Waals surface area contributed by atoms with Gasteiger partial charge in [0.25, 0.3) is 0 Å². The minimum atomic E-state index is 0. The predicted molar refractivity (Wildman–Crippen MR) is 108 cm³/mol. The normalized spacial score (nSPS) is 15.2. The summed E-state index contributed by atoms with van der Waals surface area (Å²) >= 11 is 0. The summed E-state index contributed by atoms with van der Waals surface area (Å²) < 4.78 is 2.15. The van der Waals surface area contributed by atoms with Crippen molar-refractivity contribution in [3.63, 3.8) is 0 Å². The monoisotopic (exact) mass is 430 g/mol. The van der Waals surface area contributed by atoms with Gasteiger partial charge in [-0.1, -0.05) is 74.4 Å². The molecule has 0 amide bonds. The quantitative estimate of drug-likeness (QED) is 0.292. The maximum atomic E-state index is 4.76. The molecular formula is C24H25N2Y-. The van der Waals surface area contributed by atoms with Crippen LogP contribution in [0.15, 0.2) is 53.7 Å². The molecule has 3 heteroatoms. The number of fused-ring (bicyclic) bond motifs is 1. The van der Waals surface area contributed by atoms with Gasteiger partial charge in [-0.2, -0.15) is 6.21 Å². The third kappa shape index (κ3) is 4.38. The summed E-state index contributed by atoms with van der Waals surface area (Å²) in [6.07, 6.45) is 11.8. The molecule has 2 aromatic carbocycles. The average Bonchev–Trinajstić information content (AvgIpc) is 2.68. The van der Waals surface area contributed by atoms with Crippen LogP contribution in [-0.2, 0) is 39.8 Å². The zero-order valence-electron chi connectivity index (χ0n) is 16.2. The molecule has 0 bridgehead atoms. The van der Waals surface area contributed by atoms with Crippen LogP contribution in [0.3, 0.4) is 0 Å². The zero-order valence-corrected chi connectivity index (χ0v) is 19.0. The van der Waals surface area contributed by atoms with Crippen molar-refractivity contribution in [3.05, 3.63) is 60.3 Å². The van der Waals surface area contributed by atoms with Gasteiger partial charge in [0.05, 0.1) is 6.20 Å². The molecule has 27 heavy (non-hydrogen) atoms. The second-order valence-corrected chi connectivity index (χ2v) is 7.30. The summed E-state index contributed by atoms with van der Waals surface area (Å²) in [7, 11) is 2.08. The molecule has 1 aromatic heterocycles. The Labute approximate surface area is 187 Å². The Balaban J connectivity index is 0.00000210. The van der Waals surface area contributed by atoms with Gasteiger partial charge in [0.1, 0.15) is 7.05 Å². The van der Waals surface area contributed by atoms with Crippen LogP contribution in [0.4, 0.5) is 5.69 Å². The van der Waals surface area contributed by atoms with E-state index in [-0.39, 0.29) is 32.7 Å². The fourth-order valence-corrected chi connectivity index (χ4v) is 4.01. The molecule has 1 aliphatic rings. The molecule has 0 unspecified atom stereocenters. The molecule has 1 heterocycles. The van der Waals surface area contributed by atoms with Gasteiger partial charge in [-0.25, -0.2) is 6.07 Å². The number of pyridine rings is 1. The van der Waals surface area contributed by atoms with Crippen molar-refractivity contribution in [1.29, 1.82) is 0 Å². The van der Waals surface area contributed by atoms with Crippen LogP contribution < -0.4 is 4.57 Å². The molecule has 0 atom stereocenters. The largest absolute Gasteiger partial charge is 0.475 e. The van der Waals surface area contributed by atoms with Crippen molar-refractivity contribution < 1.29 is 37.3 Å². The average molecular weight is 430 g/mol. The number of aromatic nitrogens is 1. The van der Waals surface area contributed by atoms with Crippen LogP contribution in [0, 0.1) is 18.9 Å². The number of hydrogen-bond acceptors (Lipinski definition) is 1. The van der Waals surface area contributed by atoms with Gasteiger partial charge in [0, 0.05) is 38.4 Å². The minimum absolute atomic E-state index is 0. The van der Waals surface area contributed by atoms with E-state index >= 15 is 0 Å². The molecule has 1 fully saturated rings. The van der Waals surface area contributed by atoms with Crippen molar-refractivity contribution in [2.24, 2.45) is 18.0 Å². The number of nitrogens with zero attached hydrogens (tertiary/aromatic N) is 2. The Kier molecular flexibility index (Phi) is 6.95. The minimum Gasteiger partial charge on any atom is -0.475 e. The molecule has 0 N–H and O–H groups in total. The summed E-state index contributed by atoms with van der Waals surface area (Å²) in [5.74, 6) is 0.494. The maximum Gasteiger partial charge on any atom is 0.114 e. The number of aryl methyl sites for hydroxylation is 2. The Bertz CT molecular complexity index is 956. The van der Waals surface area contributed by atoms with Crippen LogP contribution in [0.2, 0.25) is 0 Å². The van der Waals surface area contributed by atoms with E-state index in [0.29, 0.717) is 5.92 Å². The van der Waals surface area contributed by atoms with E-state index in [2.05, 4.69) is 67.2 Å². The molecule has 135 valence electrons. The van der Waals surface area contributed by atoms with E-state index in [4.69, 9.17) is 4.99 Å². The summed E-state index contributed by atoms with van der Waals surface area (Å²) in [6.45, 7) is 2.20. The fraction of sp³-hybridized carbons (Fsp3) is 0.333. The van der Waals surface area contributed by atoms with Gasteiger partial charge in [0.15, 0.2) is 0 Å². The van der Waals surface area contributed by atoms with E-state index in [1.807, 2.05) is 12.3 Å². The van der Waals surface area contributed by atoms with Gasteiger partial charge in [-0.15, -0.1) is 11.8 Å². The van der Waals surface area contributed by atoms with Gasteiger partial charge < -0.3 is 9.56 Å². The first-order valence-electron chi connectivity index (χ1n) is 9.59. The molecule has 1 aliphatic carbocycles. The summed E-state index contributed by atoms with van der Waals surface area (Å²) in [5, 5.41) is 2.56. The van der Waals surface area contributed by atoms with Crippen molar-refractivity contribution in [3.8, 4) is 11.3 Å². The van der Waals surface area contributed by atoms with Crippen LogP contribution in [0.25, 0.3) is 22.0 Å². The summed E-state index contributed by atoms with van der Waals surface area (Å²) in [5.41, 5.74) is 4.50. The van der Waals surface area contributed by atoms with Gasteiger partial charge in [0.2, 0.25) is 0 Å². The fourth-order valence-electron chi connectivity index (χ4n) is 4.01. The van der Waals surface area contributed by atoms with E-state index in [9.17, 15) is 0 Å². The second-order valence-electron chi connectivity index (χ2n) is 7.30. The molecule has 1 saturated carbocycles. The summed E-state index contributed by atoms with van der Waals surface area (Å²) in [6, 6.07) is 18.2. The standard InChI is InChI=1S/C24H25N2.Y/c1-18-21-12-7-6-11-20(21)14-15-22(18)24-23(13-8-16-26(24)2)25-17-19-9-4-3-5-10-19;/h6-8,11-12,14-16,19H,3-5,9-10H2,1-2H3;/q-1;. The molecule has 1 radical (unpaired) electrons. The molecule has 0 spiro atoms. The molecule has 3 aromatic rings. The Morgan fingerprint density at radius 3 is 2.67 bits per heavy atom. The maximum absolute atomic E-state index is 4.76. The Hall–Kier alpha value is -1.38. The SMILES string of the molecule is Cc1c(-c2c(N=[C-]C3CCCCC3)[c-]cc[n+]2C)ccc2ccccc12.[Y]. The number of aliphatic imine (C=N–C) groups is 1. The van der Waals surface area contributed by atoms with Gasteiger partial charge in [-0.05, 0) is 28.8 Å². The molecule has 0 aliphatic heterocycles. The van der Waals surface area contributed by atoms with Crippen molar-refractivity contribution in [2.45, 2.75) is 39.0 Å². The number of hydrogen-bond donors (Lipinski definition) is 0. The van der Waals surface area contributed by atoms with Crippen molar-refractivity contribution in [1.82, 2.24) is 0 Å². The first-order valence-corrected chi connectivity index (χ1v) is 9.59. The Morgan fingerprint density at radius 1 is 1.07 bits per heavy atom. The van der Waals surface area contributed by atoms with E-state index < -0.39 is 0 Å². The first kappa shape index (κ1) is 20.4. The van der Waals surface area contributed by atoms with E-state index in [1.54, 1.807) is 0 Å². The van der Waals surface area contributed by atoms with E-state index in [1.165, 1.54) is 54.0 Å². The molecule has 4 rings (SSSR count). The van der Waals surface area contributed by atoms with Crippen molar-refractivity contribution in [2.75, 3.05) is 0 Å². The van der Waals surface area contributed by atoms with Gasteiger partial charge >= 0.3 is 0 Å². The van der Waals surface area contributed by atoms with E-state index in [0.717, 1.165) is 11.4 Å². The van der Waals surface area contributed by atoms with Crippen LogP contribution in [0.5, 0.6) is 0 Å². The van der Waals surface area contributed by atoms with Crippen LogP contribution in [-0.4, -0.2) is 6.21 Å². The molecular weight excluding hydrogens is 405 g/mol. The number of benzene rings is 2. The first-order chi connectivity index (χ1) is 12.7. The molecule has 2 nitrogen and oxygen atoms in total. The predicted octanol–water partition coefficient (Wildman–Crippen LogP) is 5.60. The Morgan fingerprint density at radius 2 is 1.85 bits per heavy atom. The third-order valence-corrected chi connectivity index (χ3v) is 5.51. The second kappa shape index (κ2) is 9.21. The zero-order chi connectivity index (χ0) is 17.9. The van der Waals surface area contributed by atoms with Crippen LogP contribution >= 0.6 is 0 Å². The van der Waals surface area contributed by atoms with Crippen molar-refractivity contribution >= 4 is 22.7 Å². The molecule has 0 saturated heterocycles. The topological polar surface area (TPSA) is 16.2 Å².